The molecule has 20 nitrogen and oxygen atoms in total. The zero-order valence-electron chi connectivity index (χ0n) is 51.5. The van der Waals surface area contributed by atoms with E-state index in [0.29, 0.717) is 42.6 Å². The number of morpholine rings is 2. The Morgan fingerprint density at radius 2 is 0.820 bits per heavy atom. The summed E-state index contributed by atoms with van der Waals surface area (Å²) in [7, 11) is 1.60. The molecule has 8 aromatic rings. The molecule has 480 valence electrons. The van der Waals surface area contributed by atoms with Crippen molar-refractivity contribution in [1.29, 1.82) is 0 Å². The first-order valence-electron chi connectivity index (χ1n) is 29.6. The highest BCUT2D eigenvalue weighted by Gasteiger charge is 2.28. The number of alkyl halides is 3. The molecule has 1 N–H and O–H groups in total. The van der Waals surface area contributed by atoms with E-state index in [1.54, 1.807) is 62.4 Å². The van der Waals surface area contributed by atoms with Gasteiger partial charge in [-0.2, -0.15) is 13.2 Å². The fourth-order valence-electron chi connectivity index (χ4n) is 7.47. The molecular formula is C66H86F3N11O9. The van der Waals surface area contributed by atoms with Crippen molar-refractivity contribution in [3.05, 3.63) is 195 Å². The SMILES string of the molecule is CC(C)Oc1ccccn1.CCCOc1ccccn1.COc1ccccn1.FC(F)(F)COc1ccccn1.OCCOc1ccccn1.c1ccc(N2CCCCC2)nc1.c1ccc(N2CCOCC2)nc1.c1ccc(OCCN2CCOCC2)nc1. The minimum absolute atomic E-state index is 0.0187. The van der Waals surface area contributed by atoms with Crippen LogP contribution in [0.25, 0.3) is 0 Å². The maximum absolute atomic E-state index is 11.6. The van der Waals surface area contributed by atoms with Crippen LogP contribution in [0.3, 0.4) is 0 Å². The van der Waals surface area contributed by atoms with Gasteiger partial charge >= 0.3 is 6.18 Å². The lowest BCUT2D eigenvalue weighted by atomic mass is 10.1. The summed E-state index contributed by atoms with van der Waals surface area (Å²) >= 11 is 0. The average molecular weight is 1230 g/mol. The normalized spacial score (nSPS) is 13.3. The predicted octanol–water partition coefficient (Wildman–Crippen LogP) is 11.1. The second kappa shape index (κ2) is 47.3. The Labute approximate surface area is 522 Å². The number of hydrogen-bond acceptors (Lipinski definition) is 20. The first-order valence-corrected chi connectivity index (χ1v) is 29.6. The van der Waals surface area contributed by atoms with Crippen molar-refractivity contribution < 1.29 is 56.2 Å². The lowest BCUT2D eigenvalue weighted by molar-refractivity contribution is -0.154. The number of aromatic nitrogens is 8. The fourth-order valence-corrected chi connectivity index (χ4v) is 7.47. The molecule has 8 aromatic heterocycles. The van der Waals surface area contributed by atoms with Crippen LogP contribution in [-0.2, 0) is 9.47 Å². The molecule has 3 fully saturated rings. The lowest BCUT2D eigenvalue weighted by Crippen LogP contribution is -2.38. The molecule has 0 aliphatic carbocycles. The summed E-state index contributed by atoms with van der Waals surface area (Å²) in [6.07, 6.45) is 14.5. The standard InChI is InChI=1S/C11H16N2O2.C10H14N2.C9H12N2O.2C8H11NO.C7H6F3NO.C7H9NO2.C6H7NO/c1-2-4-12-11(3-1)15-10-7-13-5-8-14-9-6-13;1-4-8-12(9-5-1)10-6-2-3-7-11-10;1-2-4-10-9(3-1)11-5-7-12-8-6-11;1-7(2)10-8-5-3-4-6-9-8;1-2-7-10-8-5-3-4-6-9-8;8-7(9,10)5-12-6-3-1-2-4-11-6;9-5-6-10-7-3-1-2-4-8-7;1-8-6-4-2-3-5-7-6/h1-4H,5-10H2;2-3,6-7H,1,4-5,8-9H2;1-4H,5-8H2;3-7H,1-2H3;3-6H,2,7H2,1H3;1-4H,5H2;1-4,9H,5-6H2;2-5H,1H3. The van der Waals surface area contributed by atoms with E-state index in [9.17, 15) is 13.2 Å². The third-order valence-electron chi connectivity index (χ3n) is 11.6. The van der Waals surface area contributed by atoms with E-state index >= 15 is 0 Å². The van der Waals surface area contributed by atoms with Crippen molar-refractivity contribution >= 4 is 11.6 Å². The molecule has 3 aliphatic heterocycles. The van der Waals surface area contributed by atoms with Gasteiger partial charge in [0, 0.05) is 132 Å². The highest BCUT2D eigenvalue weighted by molar-refractivity contribution is 5.38. The van der Waals surface area contributed by atoms with Crippen LogP contribution in [0.2, 0.25) is 0 Å². The number of methoxy groups -OCH3 is 1. The minimum atomic E-state index is -4.31. The smallest absolute Gasteiger partial charge is 0.422 e. The van der Waals surface area contributed by atoms with Gasteiger partial charge in [-0.1, -0.05) is 55.5 Å². The highest BCUT2D eigenvalue weighted by Crippen LogP contribution is 2.18. The summed E-state index contributed by atoms with van der Waals surface area (Å²) in [5.41, 5.74) is 0. The van der Waals surface area contributed by atoms with Gasteiger partial charge in [-0.15, -0.1) is 0 Å². The maximum Gasteiger partial charge on any atom is 0.422 e. The van der Waals surface area contributed by atoms with Crippen LogP contribution in [0.1, 0.15) is 46.5 Å². The van der Waals surface area contributed by atoms with E-state index in [4.69, 9.17) is 38.3 Å². The van der Waals surface area contributed by atoms with Crippen LogP contribution in [-0.4, -0.2) is 175 Å². The zero-order chi connectivity index (χ0) is 63.5. The number of hydrogen-bond donors (Lipinski definition) is 1. The Morgan fingerprint density at radius 3 is 1.18 bits per heavy atom. The largest absolute Gasteiger partial charge is 0.481 e. The Kier molecular flexibility index (Phi) is 38.7. The molecule has 0 unspecified atom stereocenters. The van der Waals surface area contributed by atoms with Crippen LogP contribution in [0.15, 0.2) is 195 Å². The summed E-state index contributed by atoms with van der Waals surface area (Å²) < 4.78 is 75.5. The summed E-state index contributed by atoms with van der Waals surface area (Å²) in [6.45, 7) is 17.0. The Balaban J connectivity index is 0.000000219. The van der Waals surface area contributed by atoms with Crippen molar-refractivity contribution in [3.63, 3.8) is 0 Å². The second-order valence-corrected chi connectivity index (χ2v) is 19.0. The van der Waals surface area contributed by atoms with E-state index in [2.05, 4.69) is 78.4 Å². The third kappa shape index (κ3) is 36.9. The number of ether oxygens (including phenoxy) is 8. The quantitative estimate of drug-likeness (QED) is 0.0899. The summed E-state index contributed by atoms with van der Waals surface area (Å²) in [5, 5.41) is 8.37. The van der Waals surface area contributed by atoms with Crippen molar-refractivity contribution in [3.8, 4) is 35.3 Å². The molecular weight excluding hydrogens is 1150 g/mol. The van der Waals surface area contributed by atoms with Gasteiger partial charge in [-0.25, -0.2) is 39.9 Å². The summed E-state index contributed by atoms with van der Waals surface area (Å²) in [4.78, 5) is 38.9. The predicted molar refractivity (Wildman–Crippen MR) is 338 cm³/mol. The number of nitrogens with zero attached hydrogens (tertiary/aromatic N) is 11. The average Bonchev–Trinajstić information content (AvgIpc) is 3.75. The van der Waals surface area contributed by atoms with Gasteiger partial charge in [0.05, 0.1) is 52.9 Å². The van der Waals surface area contributed by atoms with Gasteiger partial charge in [-0.3, -0.25) is 4.90 Å². The van der Waals surface area contributed by atoms with Crippen LogP contribution in [0.4, 0.5) is 24.8 Å². The molecule has 11 rings (SSSR count). The Hall–Kier alpha value is -8.77. The fraction of sp³-hybridized carbons (Fsp3) is 0.394. The van der Waals surface area contributed by atoms with Crippen LogP contribution >= 0.6 is 0 Å². The number of anilines is 2. The number of piperidine rings is 1. The molecule has 0 amide bonds. The van der Waals surface area contributed by atoms with Crippen LogP contribution in [0.5, 0.6) is 35.3 Å². The molecule has 89 heavy (non-hydrogen) atoms. The van der Waals surface area contributed by atoms with Crippen molar-refractivity contribution in [1.82, 2.24) is 44.8 Å². The topological polar surface area (TPSA) is 207 Å². The first-order chi connectivity index (χ1) is 43.5. The molecule has 23 heteroatoms. The molecule has 0 atom stereocenters. The van der Waals surface area contributed by atoms with Gasteiger partial charge in [0.2, 0.25) is 35.3 Å². The molecule has 3 aliphatic rings. The number of pyridine rings is 8. The number of aliphatic hydroxyl groups is 1. The highest BCUT2D eigenvalue weighted by atomic mass is 19.4. The Morgan fingerprint density at radius 1 is 0.449 bits per heavy atom. The third-order valence-corrected chi connectivity index (χ3v) is 11.6. The maximum atomic E-state index is 11.6. The van der Waals surface area contributed by atoms with E-state index in [1.807, 2.05) is 129 Å². The van der Waals surface area contributed by atoms with Crippen molar-refractivity contribution in [2.24, 2.45) is 0 Å². The van der Waals surface area contributed by atoms with Crippen molar-refractivity contribution in [2.45, 2.75) is 58.7 Å². The first kappa shape index (κ1) is 72.7. The molecule has 0 bridgehead atoms. The number of rotatable bonds is 17. The summed E-state index contributed by atoms with van der Waals surface area (Å²) in [6, 6.07) is 44.5. The van der Waals surface area contributed by atoms with Crippen LogP contribution < -0.4 is 38.2 Å². The van der Waals surface area contributed by atoms with Gasteiger partial charge in [0.15, 0.2) is 6.61 Å². The minimum Gasteiger partial charge on any atom is -0.481 e. The Bertz CT molecular complexity index is 2740. The van der Waals surface area contributed by atoms with Crippen LogP contribution in [0, 0.1) is 0 Å². The van der Waals surface area contributed by atoms with Crippen molar-refractivity contribution in [2.75, 3.05) is 122 Å². The van der Waals surface area contributed by atoms with Gasteiger partial charge in [0.1, 0.15) is 24.8 Å². The van der Waals surface area contributed by atoms with Gasteiger partial charge < -0.3 is 52.8 Å². The van der Waals surface area contributed by atoms with Gasteiger partial charge in [-0.05, 0) is 100 Å². The molecule has 0 aromatic carbocycles. The molecule has 0 spiro atoms. The number of aliphatic hydroxyl groups excluding tert-OH is 1. The monoisotopic (exact) mass is 1230 g/mol. The molecule has 3 saturated heterocycles. The lowest BCUT2D eigenvalue weighted by Gasteiger charge is -2.27. The van der Waals surface area contributed by atoms with E-state index < -0.39 is 12.8 Å². The van der Waals surface area contributed by atoms with Gasteiger partial charge in [0.25, 0.3) is 0 Å². The molecule has 0 saturated carbocycles. The second-order valence-electron chi connectivity index (χ2n) is 19.0. The zero-order valence-corrected chi connectivity index (χ0v) is 51.5. The molecule has 0 radical (unpaired) electrons. The molecule has 11 heterocycles. The van der Waals surface area contributed by atoms with E-state index in [1.165, 1.54) is 44.6 Å². The van der Waals surface area contributed by atoms with E-state index in [0.717, 1.165) is 83.8 Å². The van der Waals surface area contributed by atoms with E-state index in [-0.39, 0.29) is 18.6 Å². The number of halogens is 3. The summed E-state index contributed by atoms with van der Waals surface area (Å²) in [5.74, 6) is 5.49.